The molecule has 4 bridgehead atoms. The molecule has 7 heteroatoms. The van der Waals surface area contributed by atoms with E-state index in [1.165, 1.54) is 25.3 Å². The first kappa shape index (κ1) is 20.1. The Morgan fingerprint density at radius 1 is 0.970 bits per heavy atom. The van der Waals surface area contributed by atoms with E-state index in [0.717, 1.165) is 42.8 Å². The standard InChI is InChI=1S/C26H28N4O3/c31-24(19-4-2-1-3-5-19)12-23-25(28-22-11-20(30(32)33)6-7-21(22)27-23)29-26-13-16-8-17(14-26)10-18(9-16)15-26/h1-7,11-12,16-18,27-29,31H,8-10,13-15H2/p-1/b24-12+. The second kappa shape index (κ2) is 7.54. The third-order valence-corrected chi connectivity index (χ3v) is 7.77. The summed E-state index contributed by atoms with van der Waals surface area (Å²) in [4.78, 5) is 10.9. The van der Waals surface area contributed by atoms with Gasteiger partial charge in [-0.1, -0.05) is 36.1 Å². The zero-order valence-corrected chi connectivity index (χ0v) is 18.3. The average Bonchev–Trinajstić information content (AvgIpc) is 2.78. The monoisotopic (exact) mass is 443 g/mol. The van der Waals surface area contributed by atoms with Crippen molar-refractivity contribution in [2.24, 2.45) is 17.8 Å². The molecule has 5 aliphatic rings. The summed E-state index contributed by atoms with van der Waals surface area (Å²) in [6.45, 7) is 0. The van der Waals surface area contributed by atoms with E-state index < -0.39 is 4.92 Å². The third-order valence-electron chi connectivity index (χ3n) is 7.77. The highest BCUT2D eigenvalue weighted by Crippen LogP contribution is 2.56. The van der Waals surface area contributed by atoms with Crippen LogP contribution in [0.15, 0.2) is 66.1 Å². The molecule has 1 heterocycles. The van der Waals surface area contributed by atoms with Crippen LogP contribution in [0.5, 0.6) is 0 Å². The van der Waals surface area contributed by atoms with Gasteiger partial charge in [0, 0.05) is 17.7 Å². The van der Waals surface area contributed by atoms with E-state index in [2.05, 4.69) is 16.0 Å². The SMILES string of the molecule is O=[N+]([O-])c1ccc2c(c1)NC(NC13CC4CC(CC(C4)C1)C3)=C(/C=C(/[O-])c1ccccc1)N2. The minimum Gasteiger partial charge on any atom is -0.872 e. The number of hydrogen-bond donors (Lipinski definition) is 3. The Hall–Kier alpha value is -3.48. The predicted molar refractivity (Wildman–Crippen MR) is 126 cm³/mol. The van der Waals surface area contributed by atoms with Crippen LogP contribution in [0, 0.1) is 27.9 Å². The summed E-state index contributed by atoms with van der Waals surface area (Å²) in [5, 5.41) is 34.9. The number of non-ortho nitro benzene ring substituents is 1. The molecule has 2 aromatic rings. The maximum Gasteiger partial charge on any atom is 0.271 e. The van der Waals surface area contributed by atoms with Crippen molar-refractivity contribution in [3.05, 3.63) is 81.8 Å². The molecule has 4 aliphatic carbocycles. The molecule has 4 fully saturated rings. The first-order chi connectivity index (χ1) is 16.0. The first-order valence-electron chi connectivity index (χ1n) is 11.8. The van der Waals surface area contributed by atoms with E-state index in [0.29, 0.717) is 22.6 Å². The average molecular weight is 444 g/mol. The van der Waals surface area contributed by atoms with Crippen LogP contribution in [0.3, 0.4) is 0 Å². The maximum atomic E-state index is 13.0. The molecule has 4 saturated carbocycles. The van der Waals surface area contributed by atoms with Gasteiger partial charge in [0.05, 0.1) is 22.0 Å². The van der Waals surface area contributed by atoms with Crippen molar-refractivity contribution in [2.75, 3.05) is 10.6 Å². The molecule has 170 valence electrons. The number of nitrogens with one attached hydrogen (secondary N) is 3. The van der Waals surface area contributed by atoms with E-state index in [9.17, 15) is 15.2 Å². The number of rotatable bonds is 5. The Kier molecular flexibility index (Phi) is 4.60. The highest BCUT2D eigenvalue weighted by molar-refractivity contribution is 5.80. The molecular weight excluding hydrogens is 416 g/mol. The fraction of sp³-hybridized carbons (Fsp3) is 0.385. The Morgan fingerprint density at radius 2 is 1.64 bits per heavy atom. The van der Waals surface area contributed by atoms with Gasteiger partial charge in [-0.15, -0.1) is 0 Å². The molecule has 2 aromatic carbocycles. The van der Waals surface area contributed by atoms with Crippen molar-refractivity contribution in [3.63, 3.8) is 0 Å². The Balaban J connectivity index is 1.38. The molecular formula is C26H27N4O3-. The number of nitro benzene ring substituents is 1. The highest BCUT2D eigenvalue weighted by Gasteiger charge is 2.51. The van der Waals surface area contributed by atoms with Gasteiger partial charge in [-0.25, -0.2) is 0 Å². The Bertz CT molecular complexity index is 1140. The second-order valence-corrected chi connectivity index (χ2v) is 10.2. The largest absolute Gasteiger partial charge is 0.872 e. The fourth-order valence-electron chi connectivity index (χ4n) is 6.82. The van der Waals surface area contributed by atoms with E-state index in [4.69, 9.17) is 0 Å². The number of hydrogen-bond acceptors (Lipinski definition) is 6. The summed E-state index contributed by atoms with van der Waals surface area (Å²) in [5.74, 6) is 2.96. The number of nitro groups is 1. The molecule has 0 unspecified atom stereocenters. The van der Waals surface area contributed by atoms with Crippen LogP contribution in [0.25, 0.3) is 5.76 Å². The van der Waals surface area contributed by atoms with Crippen molar-refractivity contribution in [1.29, 1.82) is 0 Å². The fourth-order valence-corrected chi connectivity index (χ4v) is 6.82. The quantitative estimate of drug-likeness (QED) is 0.356. The lowest BCUT2D eigenvalue weighted by Gasteiger charge is -2.57. The van der Waals surface area contributed by atoms with Gasteiger partial charge in [0.1, 0.15) is 5.82 Å². The van der Waals surface area contributed by atoms with Gasteiger partial charge in [0.2, 0.25) is 0 Å². The zero-order valence-electron chi connectivity index (χ0n) is 18.3. The van der Waals surface area contributed by atoms with Crippen molar-refractivity contribution >= 4 is 22.8 Å². The van der Waals surface area contributed by atoms with Gasteiger partial charge >= 0.3 is 0 Å². The molecule has 0 aromatic heterocycles. The lowest BCUT2D eigenvalue weighted by atomic mass is 9.53. The van der Waals surface area contributed by atoms with Gasteiger partial charge in [-0.05, 0) is 74.0 Å². The minimum atomic E-state index is -0.390. The molecule has 0 amide bonds. The summed E-state index contributed by atoms with van der Waals surface area (Å²) in [5.41, 5.74) is 2.69. The smallest absolute Gasteiger partial charge is 0.271 e. The summed E-state index contributed by atoms with van der Waals surface area (Å²) in [6.07, 6.45) is 9.07. The van der Waals surface area contributed by atoms with E-state index >= 15 is 0 Å². The van der Waals surface area contributed by atoms with E-state index in [-0.39, 0.29) is 17.0 Å². The predicted octanol–water partition coefficient (Wildman–Crippen LogP) is 4.56. The van der Waals surface area contributed by atoms with Crippen molar-refractivity contribution in [1.82, 2.24) is 5.32 Å². The molecule has 0 spiro atoms. The topological polar surface area (TPSA) is 102 Å². The number of fused-ring (bicyclic) bond motifs is 1. The van der Waals surface area contributed by atoms with E-state index in [1.807, 2.05) is 18.2 Å². The van der Waals surface area contributed by atoms with Crippen molar-refractivity contribution in [2.45, 2.75) is 44.1 Å². The normalized spacial score (nSPS) is 29.8. The van der Waals surface area contributed by atoms with Crippen LogP contribution in [0.4, 0.5) is 17.1 Å². The molecule has 33 heavy (non-hydrogen) atoms. The van der Waals surface area contributed by atoms with Crippen LogP contribution in [0.2, 0.25) is 0 Å². The van der Waals surface area contributed by atoms with Crippen LogP contribution in [-0.4, -0.2) is 10.5 Å². The number of benzene rings is 2. The van der Waals surface area contributed by atoms with Crippen molar-refractivity contribution < 1.29 is 10.0 Å². The van der Waals surface area contributed by atoms with E-state index in [1.54, 1.807) is 30.3 Å². The maximum absolute atomic E-state index is 13.0. The molecule has 1 aliphatic heterocycles. The highest BCUT2D eigenvalue weighted by atomic mass is 16.6. The zero-order chi connectivity index (χ0) is 22.6. The summed E-state index contributed by atoms with van der Waals surface area (Å²) < 4.78 is 0. The summed E-state index contributed by atoms with van der Waals surface area (Å²) >= 11 is 0. The number of allylic oxidation sites excluding steroid dienone is 1. The minimum absolute atomic E-state index is 0.0197. The van der Waals surface area contributed by atoms with Gasteiger partial charge in [0.25, 0.3) is 5.69 Å². The lowest BCUT2D eigenvalue weighted by molar-refractivity contribution is -0.384. The van der Waals surface area contributed by atoms with Crippen LogP contribution in [-0.2, 0) is 0 Å². The first-order valence-corrected chi connectivity index (χ1v) is 11.8. The Labute approximate surface area is 192 Å². The van der Waals surface area contributed by atoms with Gasteiger partial charge < -0.3 is 21.1 Å². The molecule has 0 atom stereocenters. The van der Waals surface area contributed by atoms with Crippen LogP contribution < -0.4 is 21.1 Å². The number of anilines is 2. The molecule has 3 N–H and O–H groups in total. The third kappa shape index (κ3) is 3.71. The van der Waals surface area contributed by atoms with Gasteiger partial charge in [-0.2, -0.15) is 0 Å². The van der Waals surface area contributed by atoms with Crippen molar-refractivity contribution in [3.8, 4) is 0 Å². The summed E-state index contributed by atoms with van der Waals surface area (Å²) in [7, 11) is 0. The second-order valence-electron chi connectivity index (χ2n) is 10.2. The molecule has 7 rings (SSSR count). The Morgan fingerprint density at radius 3 is 2.27 bits per heavy atom. The van der Waals surface area contributed by atoms with Gasteiger partial charge in [0.15, 0.2) is 0 Å². The summed E-state index contributed by atoms with van der Waals surface area (Å²) in [6, 6.07) is 13.9. The van der Waals surface area contributed by atoms with Gasteiger partial charge in [-0.3, -0.25) is 10.1 Å². The molecule has 7 nitrogen and oxygen atoms in total. The lowest BCUT2D eigenvalue weighted by Crippen LogP contribution is -2.59. The molecule has 0 radical (unpaired) electrons. The van der Waals surface area contributed by atoms with Crippen LogP contribution >= 0.6 is 0 Å². The van der Waals surface area contributed by atoms with Crippen LogP contribution in [0.1, 0.15) is 44.1 Å². The molecule has 0 saturated heterocycles. The number of nitrogens with zero attached hydrogens (tertiary/aromatic N) is 1.